The average Bonchev–Trinajstić information content (AvgIpc) is 2.45. The number of methoxy groups -OCH3 is 1. The van der Waals surface area contributed by atoms with Crippen LogP contribution in [-0.2, 0) is 9.47 Å². The predicted octanol–water partition coefficient (Wildman–Crippen LogP) is 3.14. The molecule has 130 valence electrons. The van der Waals surface area contributed by atoms with Crippen molar-refractivity contribution in [2.45, 2.75) is 58.5 Å². The molecule has 0 saturated carbocycles. The third-order valence-electron chi connectivity index (χ3n) is 3.85. The van der Waals surface area contributed by atoms with E-state index < -0.39 is 5.60 Å². The first-order chi connectivity index (χ1) is 10.4. The molecule has 5 nitrogen and oxygen atoms in total. The Morgan fingerprint density at radius 1 is 0.955 bits per heavy atom. The highest BCUT2D eigenvalue weighted by molar-refractivity contribution is 5.68. The summed E-state index contributed by atoms with van der Waals surface area (Å²) in [6.45, 7) is 11.2. The summed E-state index contributed by atoms with van der Waals surface area (Å²) in [4.78, 5) is 16.3. The van der Waals surface area contributed by atoms with Crippen molar-refractivity contribution in [2.75, 3.05) is 46.4 Å². The van der Waals surface area contributed by atoms with Crippen LogP contribution in [0.1, 0.15) is 52.9 Å². The van der Waals surface area contributed by atoms with Crippen LogP contribution in [0.5, 0.6) is 0 Å². The third-order valence-corrected chi connectivity index (χ3v) is 3.85. The lowest BCUT2D eigenvalue weighted by atomic mass is 10.1. The molecule has 0 aliphatic carbocycles. The molecule has 1 aliphatic rings. The molecule has 1 heterocycles. The summed E-state index contributed by atoms with van der Waals surface area (Å²) in [6, 6.07) is 0. The highest BCUT2D eigenvalue weighted by Gasteiger charge is 2.25. The fraction of sp³-hybridized carbons (Fsp3) is 0.941. The van der Waals surface area contributed by atoms with Gasteiger partial charge in [0, 0.05) is 39.9 Å². The fourth-order valence-electron chi connectivity index (χ4n) is 2.59. The minimum atomic E-state index is -0.406. The number of rotatable bonds is 8. The SMILES string of the molecule is COCCCCCCCN1CCN(C(=O)OC(C)(C)C)CC1. The van der Waals surface area contributed by atoms with E-state index in [4.69, 9.17) is 9.47 Å². The van der Waals surface area contributed by atoms with Gasteiger partial charge in [0.15, 0.2) is 0 Å². The van der Waals surface area contributed by atoms with E-state index in [0.717, 1.165) is 39.3 Å². The monoisotopic (exact) mass is 314 g/mol. The van der Waals surface area contributed by atoms with Gasteiger partial charge in [-0.25, -0.2) is 4.79 Å². The number of hydrogen-bond acceptors (Lipinski definition) is 4. The molecule has 5 heteroatoms. The van der Waals surface area contributed by atoms with E-state index in [-0.39, 0.29) is 6.09 Å². The van der Waals surface area contributed by atoms with Gasteiger partial charge in [0.2, 0.25) is 0 Å². The topological polar surface area (TPSA) is 42.0 Å². The molecule has 1 amide bonds. The zero-order valence-corrected chi connectivity index (χ0v) is 14.9. The smallest absolute Gasteiger partial charge is 0.410 e. The Morgan fingerprint density at radius 2 is 1.55 bits per heavy atom. The molecule has 1 rings (SSSR count). The molecule has 1 aliphatic heterocycles. The van der Waals surface area contributed by atoms with Gasteiger partial charge in [-0.15, -0.1) is 0 Å². The molecule has 0 aromatic heterocycles. The summed E-state index contributed by atoms with van der Waals surface area (Å²) in [5.41, 5.74) is -0.406. The van der Waals surface area contributed by atoms with Crippen LogP contribution in [-0.4, -0.2) is 67.9 Å². The molecule has 0 N–H and O–H groups in total. The minimum absolute atomic E-state index is 0.176. The van der Waals surface area contributed by atoms with Crippen LogP contribution in [0.25, 0.3) is 0 Å². The van der Waals surface area contributed by atoms with Crippen molar-refractivity contribution in [3.05, 3.63) is 0 Å². The maximum atomic E-state index is 12.0. The zero-order valence-electron chi connectivity index (χ0n) is 14.9. The Bertz CT molecular complexity index is 308. The van der Waals surface area contributed by atoms with Gasteiger partial charge in [-0.05, 0) is 40.2 Å². The average molecular weight is 314 g/mol. The van der Waals surface area contributed by atoms with E-state index in [1.165, 1.54) is 32.1 Å². The lowest BCUT2D eigenvalue weighted by molar-refractivity contribution is 0.0144. The van der Waals surface area contributed by atoms with E-state index >= 15 is 0 Å². The molecule has 0 aromatic carbocycles. The predicted molar refractivity (Wildman–Crippen MR) is 89.2 cm³/mol. The van der Waals surface area contributed by atoms with Gasteiger partial charge >= 0.3 is 6.09 Å². The molecule has 0 spiro atoms. The lowest BCUT2D eigenvalue weighted by Gasteiger charge is -2.35. The number of carbonyl (C=O) groups excluding carboxylic acids is 1. The largest absolute Gasteiger partial charge is 0.444 e. The Hall–Kier alpha value is -0.810. The molecule has 1 saturated heterocycles. The summed E-state index contributed by atoms with van der Waals surface area (Å²) < 4.78 is 10.5. The third kappa shape index (κ3) is 8.59. The van der Waals surface area contributed by atoms with E-state index in [2.05, 4.69) is 4.90 Å². The Labute approximate surface area is 135 Å². The molecular formula is C17H34N2O3. The van der Waals surface area contributed by atoms with Gasteiger partial charge in [0.25, 0.3) is 0 Å². The molecule has 22 heavy (non-hydrogen) atoms. The van der Waals surface area contributed by atoms with E-state index in [1.807, 2.05) is 25.7 Å². The van der Waals surface area contributed by atoms with E-state index in [0.29, 0.717) is 0 Å². The number of piperazine rings is 1. The highest BCUT2D eigenvalue weighted by atomic mass is 16.6. The van der Waals surface area contributed by atoms with Crippen molar-refractivity contribution in [3.63, 3.8) is 0 Å². The second kappa shape index (κ2) is 10.1. The van der Waals surface area contributed by atoms with Gasteiger partial charge in [0.1, 0.15) is 5.60 Å². The van der Waals surface area contributed by atoms with Crippen molar-refractivity contribution in [3.8, 4) is 0 Å². The van der Waals surface area contributed by atoms with Crippen LogP contribution in [0.15, 0.2) is 0 Å². The Balaban J connectivity index is 2.06. The van der Waals surface area contributed by atoms with Crippen molar-refractivity contribution in [2.24, 2.45) is 0 Å². The van der Waals surface area contributed by atoms with Crippen LogP contribution >= 0.6 is 0 Å². The number of amides is 1. The van der Waals surface area contributed by atoms with Crippen LogP contribution in [0.4, 0.5) is 4.79 Å². The molecule has 0 bridgehead atoms. The number of carbonyl (C=O) groups is 1. The van der Waals surface area contributed by atoms with Gasteiger partial charge in [-0.3, -0.25) is 4.90 Å². The van der Waals surface area contributed by atoms with Gasteiger partial charge in [0.05, 0.1) is 0 Å². The second-order valence-corrected chi connectivity index (χ2v) is 7.07. The van der Waals surface area contributed by atoms with E-state index in [1.54, 1.807) is 7.11 Å². The summed E-state index contributed by atoms with van der Waals surface area (Å²) in [5.74, 6) is 0. The van der Waals surface area contributed by atoms with Crippen LogP contribution in [0.2, 0.25) is 0 Å². The number of hydrogen-bond donors (Lipinski definition) is 0. The van der Waals surface area contributed by atoms with Crippen molar-refractivity contribution >= 4 is 6.09 Å². The summed E-state index contributed by atoms with van der Waals surface area (Å²) >= 11 is 0. The summed E-state index contributed by atoms with van der Waals surface area (Å²) in [6.07, 6.45) is 6.09. The number of unbranched alkanes of at least 4 members (excludes halogenated alkanes) is 4. The number of ether oxygens (including phenoxy) is 2. The summed E-state index contributed by atoms with van der Waals surface area (Å²) in [5, 5.41) is 0. The minimum Gasteiger partial charge on any atom is -0.444 e. The highest BCUT2D eigenvalue weighted by Crippen LogP contribution is 2.12. The van der Waals surface area contributed by atoms with Gasteiger partial charge in [-0.1, -0.05) is 19.3 Å². The van der Waals surface area contributed by atoms with Crippen LogP contribution in [0.3, 0.4) is 0 Å². The Morgan fingerprint density at radius 3 is 2.14 bits per heavy atom. The molecule has 1 fully saturated rings. The second-order valence-electron chi connectivity index (χ2n) is 7.07. The normalized spacial score (nSPS) is 16.8. The molecule has 0 aromatic rings. The van der Waals surface area contributed by atoms with Gasteiger partial charge in [-0.2, -0.15) is 0 Å². The first-order valence-electron chi connectivity index (χ1n) is 8.61. The lowest BCUT2D eigenvalue weighted by Crippen LogP contribution is -2.50. The fourth-order valence-corrected chi connectivity index (χ4v) is 2.59. The molecular weight excluding hydrogens is 280 g/mol. The van der Waals surface area contributed by atoms with Crippen LogP contribution < -0.4 is 0 Å². The number of nitrogens with zero attached hydrogens (tertiary/aromatic N) is 2. The zero-order chi connectivity index (χ0) is 16.4. The van der Waals surface area contributed by atoms with Crippen molar-refractivity contribution in [1.29, 1.82) is 0 Å². The van der Waals surface area contributed by atoms with Crippen molar-refractivity contribution in [1.82, 2.24) is 9.80 Å². The first kappa shape index (κ1) is 19.2. The molecule has 0 unspecified atom stereocenters. The maximum Gasteiger partial charge on any atom is 0.410 e. The van der Waals surface area contributed by atoms with Crippen LogP contribution in [0, 0.1) is 0 Å². The van der Waals surface area contributed by atoms with Crippen molar-refractivity contribution < 1.29 is 14.3 Å². The maximum absolute atomic E-state index is 12.0. The van der Waals surface area contributed by atoms with E-state index in [9.17, 15) is 4.79 Å². The Kier molecular flexibility index (Phi) is 8.79. The standard InChI is InChI=1S/C17H34N2O3/c1-17(2,3)22-16(20)19-13-11-18(12-14-19)10-8-6-5-7-9-15-21-4/h5-15H2,1-4H3. The summed E-state index contributed by atoms with van der Waals surface area (Å²) in [7, 11) is 1.76. The molecule has 0 atom stereocenters. The molecule has 0 radical (unpaired) electrons. The quantitative estimate of drug-likeness (QED) is 0.646. The van der Waals surface area contributed by atoms with Gasteiger partial charge < -0.3 is 14.4 Å². The first-order valence-corrected chi connectivity index (χ1v) is 8.61.